The van der Waals surface area contributed by atoms with Gasteiger partial charge in [-0.3, -0.25) is 4.79 Å². The van der Waals surface area contributed by atoms with Crippen LogP contribution in [0.15, 0.2) is 0 Å². The molecule has 0 heterocycles. The fourth-order valence-corrected chi connectivity index (χ4v) is 1.55. The Balaban J connectivity index is 3.61. The second-order valence-corrected chi connectivity index (χ2v) is 4.39. The zero-order valence-corrected chi connectivity index (χ0v) is 10.3. The molecule has 0 aliphatic heterocycles. The third-order valence-corrected chi connectivity index (χ3v) is 3.01. The van der Waals surface area contributed by atoms with Gasteiger partial charge in [0.15, 0.2) is 0 Å². The number of ether oxygens (including phenoxy) is 1. The van der Waals surface area contributed by atoms with Crippen LogP contribution in [0.4, 0.5) is 0 Å². The summed E-state index contributed by atoms with van der Waals surface area (Å²) < 4.78 is 4.68. The Kier molecular flexibility index (Phi) is 7.99. The van der Waals surface area contributed by atoms with Crippen LogP contribution in [0.1, 0.15) is 20.3 Å². The van der Waals surface area contributed by atoms with E-state index >= 15 is 0 Å². The monoisotopic (exact) mass is 219 g/mol. The second kappa shape index (κ2) is 8.12. The van der Waals surface area contributed by atoms with Crippen molar-refractivity contribution in [3.8, 4) is 0 Å². The van der Waals surface area contributed by atoms with E-state index in [0.717, 1.165) is 18.7 Å². The minimum atomic E-state index is -0.144. The summed E-state index contributed by atoms with van der Waals surface area (Å²) in [5, 5.41) is 3.32. The number of carbonyl (C=O) groups is 1. The van der Waals surface area contributed by atoms with Crippen molar-refractivity contribution in [1.29, 1.82) is 0 Å². The largest absolute Gasteiger partial charge is 0.469 e. The molecular weight excluding hydrogens is 198 g/mol. The first-order chi connectivity index (χ1) is 6.63. The fourth-order valence-electron chi connectivity index (χ4n) is 1.11. The van der Waals surface area contributed by atoms with E-state index in [0.29, 0.717) is 0 Å². The maximum Gasteiger partial charge on any atom is 0.309 e. The van der Waals surface area contributed by atoms with Crippen molar-refractivity contribution < 1.29 is 9.53 Å². The van der Waals surface area contributed by atoms with Crippen LogP contribution in [-0.4, -0.2) is 37.7 Å². The molecule has 1 N–H and O–H groups in total. The van der Waals surface area contributed by atoms with Gasteiger partial charge < -0.3 is 10.1 Å². The van der Waals surface area contributed by atoms with E-state index in [9.17, 15) is 4.79 Å². The van der Waals surface area contributed by atoms with Crippen LogP contribution in [0.25, 0.3) is 0 Å². The van der Waals surface area contributed by atoms with Gasteiger partial charge in [-0.2, -0.15) is 11.8 Å². The molecule has 0 bridgehead atoms. The van der Waals surface area contributed by atoms with Crippen molar-refractivity contribution in [3.63, 3.8) is 0 Å². The standard InChI is InChI=1S/C10H21NO2S/c1-8(10(12)13-3)9(2)11-6-5-7-14-4/h8-9,11H,5-7H2,1-4H3. The third-order valence-electron chi connectivity index (χ3n) is 2.31. The molecular formula is C10H21NO2S. The smallest absolute Gasteiger partial charge is 0.309 e. The first-order valence-corrected chi connectivity index (χ1v) is 6.33. The Labute approximate surface area is 91.0 Å². The molecule has 0 aromatic carbocycles. The van der Waals surface area contributed by atoms with Crippen LogP contribution in [0.5, 0.6) is 0 Å². The highest BCUT2D eigenvalue weighted by molar-refractivity contribution is 7.98. The molecule has 0 amide bonds. The lowest BCUT2D eigenvalue weighted by Gasteiger charge is -2.18. The molecule has 0 aromatic heterocycles. The fraction of sp³-hybridized carbons (Fsp3) is 0.900. The van der Waals surface area contributed by atoms with Gasteiger partial charge in [-0.05, 0) is 31.9 Å². The number of hydrogen-bond donors (Lipinski definition) is 1. The number of carbonyl (C=O) groups excluding carboxylic acids is 1. The van der Waals surface area contributed by atoms with E-state index in [-0.39, 0.29) is 17.9 Å². The van der Waals surface area contributed by atoms with Crippen LogP contribution in [0.2, 0.25) is 0 Å². The predicted molar refractivity (Wildman–Crippen MR) is 61.6 cm³/mol. The van der Waals surface area contributed by atoms with Crippen molar-refractivity contribution in [2.75, 3.05) is 25.7 Å². The van der Waals surface area contributed by atoms with Crippen LogP contribution < -0.4 is 5.32 Å². The first-order valence-electron chi connectivity index (χ1n) is 4.93. The molecule has 2 atom stereocenters. The molecule has 4 heteroatoms. The van der Waals surface area contributed by atoms with E-state index in [1.807, 2.05) is 25.6 Å². The van der Waals surface area contributed by atoms with Crippen molar-refractivity contribution in [1.82, 2.24) is 5.32 Å². The quantitative estimate of drug-likeness (QED) is 0.520. The van der Waals surface area contributed by atoms with Crippen molar-refractivity contribution in [3.05, 3.63) is 0 Å². The summed E-state index contributed by atoms with van der Waals surface area (Å²) in [6.45, 7) is 4.86. The maximum absolute atomic E-state index is 11.2. The number of hydrogen-bond acceptors (Lipinski definition) is 4. The molecule has 0 fully saturated rings. The normalized spacial score (nSPS) is 14.9. The van der Waals surface area contributed by atoms with Gasteiger partial charge in [0.1, 0.15) is 0 Å². The van der Waals surface area contributed by atoms with Gasteiger partial charge in [-0.25, -0.2) is 0 Å². The summed E-state index contributed by atoms with van der Waals surface area (Å²) >= 11 is 1.84. The van der Waals surface area contributed by atoms with Gasteiger partial charge in [-0.15, -0.1) is 0 Å². The average molecular weight is 219 g/mol. The topological polar surface area (TPSA) is 38.3 Å². The molecule has 3 nitrogen and oxygen atoms in total. The first kappa shape index (κ1) is 13.8. The molecule has 2 unspecified atom stereocenters. The minimum Gasteiger partial charge on any atom is -0.469 e. The zero-order chi connectivity index (χ0) is 11.0. The molecule has 0 saturated carbocycles. The minimum absolute atomic E-state index is 0.0747. The summed E-state index contributed by atoms with van der Waals surface area (Å²) in [6, 6.07) is 0.185. The predicted octanol–water partition coefficient (Wildman–Crippen LogP) is 1.53. The number of rotatable bonds is 7. The SMILES string of the molecule is COC(=O)C(C)C(C)NCCCSC. The number of esters is 1. The van der Waals surface area contributed by atoms with Crippen molar-refractivity contribution in [2.24, 2.45) is 5.92 Å². The summed E-state index contributed by atoms with van der Waals surface area (Å²) in [7, 11) is 1.43. The molecule has 0 aromatic rings. The van der Waals surface area contributed by atoms with Crippen LogP contribution in [-0.2, 0) is 9.53 Å². The van der Waals surface area contributed by atoms with E-state index in [4.69, 9.17) is 0 Å². The molecule has 0 spiro atoms. The Morgan fingerprint density at radius 3 is 2.64 bits per heavy atom. The van der Waals surface area contributed by atoms with Crippen LogP contribution in [0.3, 0.4) is 0 Å². The Bertz CT molecular complexity index is 164. The van der Waals surface area contributed by atoms with E-state index < -0.39 is 0 Å². The highest BCUT2D eigenvalue weighted by atomic mass is 32.2. The molecule has 14 heavy (non-hydrogen) atoms. The molecule has 0 saturated heterocycles. The van der Waals surface area contributed by atoms with Gasteiger partial charge in [-0.1, -0.05) is 6.92 Å². The Hall–Kier alpha value is -0.220. The number of methoxy groups -OCH3 is 1. The van der Waals surface area contributed by atoms with E-state index in [1.165, 1.54) is 7.11 Å². The molecule has 0 aliphatic rings. The Morgan fingerprint density at radius 1 is 1.50 bits per heavy atom. The summed E-state index contributed by atoms with van der Waals surface area (Å²) in [6.07, 6.45) is 3.24. The van der Waals surface area contributed by atoms with Gasteiger partial charge in [0.2, 0.25) is 0 Å². The zero-order valence-electron chi connectivity index (χ0n) is 9.50. The van der Waals surface area contributed by atoms with Crippen LogP contribution >= 0.6 is 11.8 Å². The molecule has 0 rings (SSSR count). The molecule has 0 aliphatic carbocycles. The van der Waals surface area contributed by atoms with Gasteiger partial charge >= 0.3 is 5.97 Å². The van der Waals surface area contributed by atoms with Gasteiger partial charge in [0.25, 0.3) is 0 Å². The summed E-state index contributed by atoms with van der Waals surface area (Å²) in [5.41, 5.74) is 0. The number of thioether (sulfide) groups is 1. The lowest BCUT2D eigenvalue weighted by molar-refractivity contribution is -0.145. The number of nitrogens with one attached hydrogen (secondary N) is 1. The van der Waals surface area contributed by atoms with Crippen LogP contribution in [0, 0.1) is 5.92 Å². The Morgan fingerprint density at radius 2 is 2.14 bits per heavy atom. The van der Waals surface area contributed by atoms with Gasteiger partial charge in [0.05, 0.1) is 13.0 Å². The molecule has 0 radical (unpaired) electrons. The summed E-state index contributed by atoms with van der Waals surface area (Å²) in [5.74, 6) is 0.941. The van der Waals surface area contributed by atoms with E-state index in [2.05, 4.69) is 16.3 Å². The highest BCUT2D eigenvalue weighted by Crippen LogP contribution is 2.04. The lowest BCUT2D eigenvalue weighted by atomic mass is 10.0. The van der Waals surface area contributed by atoms with Crippen molar-refractivity contribution in [2.45, 2.75) is 26.3 Å². The van der Waals surface area contributed by atoms with Crippen molar-refractivity contribution >= 4 is 17.7 Å². The third kappa shape index (κ3) is 5.50. The second-order valence-electron chi connectivity index (χ2n) is 3.40. The van der Waals surface area contributed by atoms with Gasteiger partial charge in [0, 0.05) is 6.04 Å². The highest BCUT2D eigenvalue weighted by Gasteiger charge is 2.19. The maximum atomic E-state index is 11.2. The lowest BCUT2D eigenvalue weighted by Crippen LogP contribution is -2.37. The average Bonchev–Trinajstić information content (AvgIpc) is 2.21. The summed E-state index contributed by atoms with van der Waals surface area (Å²) in [4.78, 5) is 11.2. The van der Waals surface area contributed by atoms with E-state index in [1.54, 1.807) is 0 Å². The molecule has 84 valence electrons.